The zero-order valence-electron chi connectivity index (χ0n) is 13.0. The van der Waals surface area contributed by atoms with E-state index in [-0.39, 0.29) is 12.8 Å². The second-order valence-electron chi connectivity index (χ2n) is 6.02. The van der Waals surface area contributed by atoms with E-state index in [1.165, 1.54) is 0 Å². The number of nitrogens with one attached hydrogen (secondary N) is 1. The highest BCUT2D eigenvalue weighted by molar-refractivity contribution is 5.94. The number of nitrogens with zero attached hydrogens (tertiary/aromatic N) is 1. The molecule has 6 heteroatoms. The molecule has 0 unspecified atom stereocenters. The van der Waals surface area contributed by atoms with Crippen molar-refractivity contribution in [3.63, 3.8) is 0 Å². The topological polar surface area (TPSA) is 55.1 Å². The molecule has 1 atom stereocenters. The first kappa shape index (κ1) is 15.6. The largest absolute Gasteiger partial charge is 0.444 e. The van der Waals surface area contributed by atoms with E-state index in [0.717, 1.165) is 16.8 Å². The highest BCUT2D eigenvalue weighted by atomic mass is 19.3. The van der Waals surface area contributed by atoms with E-state index < -0.39 is 17.7 Å². The molecule has 1 aromatic heterocycles. The van der Waals surface area contributed by atoms with Crippen molar-refractivity contribution in [3.05, 3.63) is 35.7 Å². The minimum atomic E-state index is -2.92. The Morgan fingerprint density at radius 1 is 1.39 bits per heavy atom. The van der Waals surface area contributed by atoms with Crippen LogP contribution in [0.3, 0.4) is 0 Å². The fourth-order valence-corrected chi connectivity index (χ4v) is 2.89. The smallest absolute Gasteiger partial charge is 0.259 e. The first-order chi connectivity index (χ1) is 10.9. The lowest BCUT2D eigenvalue weighted by Crippen LogP contribution is -2.33. The second kappa shape index (κ2) is 5.76. The van der Waals surface area contributed by atoms with Crippen molar-refractivity contribution in [3.8, 4) is 11.5 Å². The number of amides is 1. The van der Waals surface area contributed by atoms with E-state index in [1.54, 1.807) is 24.5 Å². The van der Waals surface area contributed by atoms with E-state index in [1.807, 2.05) is 13.8 Å². The number of hydrogen-bond acceptors (Lipinski definition) is 3. The third-order valence-corrected chi connectivity index (χ3v) is 4.18. The van der Waals surface area contributed by atoms with Crippen LogP contribution in [0.25, 0.3) is 11.5 Å². The summed E-state index contributed by atoms with van der Waals surface area (Å²) in [5.41, 5.74) is 2.87. The van der Waals surface area contributed by atoms with E-state index >= 15 is 0 Å². The minimum Gasteiger partial charge on any atom is -0.444 e. The molecule has 1 aliphatic rings. The first-order valence-electron chi connectivity index (χ1n) is 7.58. The highest BCUT2D eigenvalue weighted by Gasteiger charge is 2.48. The van der Waals surface area contributed by atoms with Crippen molar-refractivity contribution in [2.75, 3.05) is 5.32 Å². The Balaban J connectivity index is 1.83. The SMILES string of the molecule is Cc1coc(-c2cc(NC(=O)[C@@H]3CCCC3(F)F)ccc2C)n1. The number of aryl methyl sites for hydroxylation is 2. The Morgan fingerprint density at radius 2 is 2.17 bits per heavy atom. The summed E-state index contributed by atoms with van der Waals surface area (Å²) in [6.45, 7) is 3.71. The van der Waals surface area contributed by atoms with Gasteiger partial charge in [0.25, 0.3) is 5.92 Å². The van der Waals surface area contributed by atoms with Gasteiger partial charge in [-0.25, -0.2) is 13.8 Å². The van der Waals surface area contributed by atoms with Gasteiger partial charge in [-0.1, -0.05) is 6.07 Å². The number of benzene rings is 1. The Labute approximate surface area is 132 Å². The summed E-state index contributed by atoms with van der Waals surface area (Å²) >= 11 is 0. The van der Waals surface area contributed by atoms with Crippen LogP contribution in [-0.4, -0.2) is 16.8 Å². The summed E-state index contributed by atoms with van der Waals surface area (Å²) in [6.07, 6.45) is 1.91. The number of oxazole rings is 1. The zero-order chi connectivity index (χ0) is 16.6. The summed E-state index contributed by atoms with van der Waals surface area (Å²) in [6, 6.07) is 5.20. The molecule has 1 aliphatic carbocycles. The summed E-state index contributed by atoms with van der Waals surface area (Å²) in [5.74, 6) is -4.36. The van der Waals surface area contributed by atoms with Crippen LogP contribution in [0.5, 0.6) is 0 Å². The van der Waals surface area contributed by atoms with Crippen molar-refractivity contribution in [2.24, 2.45) is 5.92 Å². The number of hydrogen-bond donors (Lipinski definition) is 1. The van der Waals surface area contributed by atoms with Crippen LogP contribution in [0.4, 0.5) is 14.5 Å². The highest BCUT2D eigenvalue weighted by Crippen LogP contribution is 2.41. The number of carbonyl (C=O) groups excluding carboxylic acids is 1. The zero-order valence-corrected chi connectivity index (χ0v) is 13.0. The molecule has 1 amide bonds. The molecule has 0 radical (unpaired) electrons. The Bertz CT molecular complexity index is 740. The molecular formula is C17H18F2N2O2. The molecule has 4 nitrogen and oxygen atoms in total. The van der Waals surface area contributed by atoms with E-state index in [2.05, 4.69) is 10.3 Å². The van der Waals surface area contributed by atoms with Gasteiger partial charge in [-0.05, 0) is 44.4 Å². The lowest BCUT2D eigenvalue weighted by atomic mass is 10.0. The lowest BCUT2D eigenvalue weighted by molar-refractivity contribution is -0.130. The average Bonchev–Trinajstić information content (AvgIpc) is 3.06. The molecule has 0 bridgehead atoms. The van der Waals surface area contributed by atoms with Crippen LogP contribution in [0.2, 0.25) is 0 Å². The third kappa shape index (κ3) is 3.11. The van der Waals surface area contributed by atoms with E-state index in [0.29, 0.717) is 18.0 Å². The maximum atomic E-state index is 13.7. The molecule has 23 heavy (non-hydrogen) atoms. The predicted octanol–water partition coefficient (Wildman–Crippen LogP) is 4.33. The van der Waals surface area contributed by atoms with E-state index in [4.69, 9.17) is 4.42 Å². The van der Waals surface area contributed by atoms with Gasteiger partial charge in [0, 0.05) is 17.7 Å². The molecule has 1 heterocycles. The third-order valence-electron chi connectivity index (χ3n) is 4.18. The normalized spacial score (nSPS) is 19.7. The number of carbonyl (C=O) groups is 1. The molecule has 0 saturated heterocycles. The second-order valence-corrected chi connectivity index (χ2v) is 6.02. The van der Waals surface area contributed by atoms with Crippen molar-refractivity contribution in [2.45, 2.75) is 39.0 Å². The van der Waals surface area contributed by atoms with Crippen LogP contribution < -0.4 is 5.32 Å². The molecule has 1 saturated carbocycles. The van der Waals surface area contributed by atoms with Crippen molar-refractivity contribution < 1.29 is 18.0 Å². The van der Waals surface area contributed by atoms with Crippen molar-refractivity contribution in [1.82, 2.24) is 4.98 Å². The maximum absolute atomic E-state index is 13.7. The van der Waals surface area contributed by atoms with Gasteiger partial charge in [-0.2, -0.15) is 0 Å². The van der Waals surface area contributed by atoms with Crippen molar-refractivity contribution >= 4 is 11.6 Å². The van der Waals surface area contributed by atoms with Crippen molar-refractivity contribution in [1.29, 1.82) is 0 Å². The quantitative estimate of drug-likeness (QED) is 0.915. The fraction of sp³-hybridized carbons (Fsp3) is 0.412. The van der Waals surface area contributed by atoms with Gasteiger partial charge in [-0.15, -0.1) is 0 Å². The summed E-state index contributed by atoms with van der Waals surface area (Å²) in [5, 5.41) is 2.60. The summed E-state index contributed by atoms with van der Waals surface area (Å²) < 4.78 is 32.8. The molecule has 122 valence electrons. The molecule has 1 fully saturated rings. The van der Waals surface area contributed by atoms with Gasteiger partial charge < -0.3 is 9.73 Å². The number of rotatable bonds is 3. The predicted molar refractivity (Wildman–Crippen MR) is 82.3 cm³/mol. The van der Waals surface area contributed by atoms with Crippen LogP contribution in [0, 0.1) is 19.8 Å². The van der Waals surface area contributed by atoms with Gasteiger partial charge in [-0.3, -0.25) is 4.79 Å². The summed E-state index contributed by atoms with van der Waals surface area (Å²) in [7, 11) is 0. The van der Waals surface area contributed by atoms with E-state index in [9.17, 15) is 13.6 Å². The van der Waals surface area contributed by atoms with Crippen LogP contribution >= 0.6 is 0 Å². The molecule has 0 aliphatic heterocycles. The Hall–Kier alpha value is -2.24. The standard InChI is InChI=1S/C17H18F2N2O2/c1-10-5-6-12(8-13(10)16-20-11(2)9-23-16)21-15(22)14-4-3-7-17(14,18)19/h5-6,8-9,14H,3-4,7H2,1-2H3,(H,21,22)/t14-/m0/s1. The number of halogens is 2. The van der Waals surface area contributed by atoms with Gasteiger partial charge in [0.1, 0.15) is 12.2 Å². The lowest BCUT2D eigenvalue weighted by Gasteiger charge is -2.18. The van der Waals surface area contributed by atoms with Gasteiger partial charge in [0.15, 0.2) is 0 Å². The average molecular weight is 320 g/mol. The fourth-order valence-electron chi connectivity index (χ4n) is 2.89. The molecule has 2 aromatic rings. The first-order valence-corrected chi connectivity index (χ1v) is 7.58. The van der Waals surface area contributed by atoms with Crippen LogP contribution in [0.1, 0.15) is 30.5 Å². The number of aromatic nitrogens is 1. The summed E-state index contributed by atoms with van der Waals surface area (Å²) in [4.78, 5) is 16.4. The number of alkyl halides is 2. The molecule has 1 aromatic carbocycles. The Morgan fingerprint density at radius 3 is 2.78 bits per heavy atom. The molecule has 3 rings (SSSR count). The minimum absolute atomic E-state index is 0.219. The maximum Gasteiger partial charge on any atom is 0.259 e. The van der Waals surface area contributed by atoms with Crippen LogP contribution in [-0.2, 0) is 4.79 Å². The molecular weight excluding hydrogens is 302 g/mol. The molecule has 0 spiro atoms. The number of anilines is 1. The van der Waals surface area contributed by atoms with Gasteiger partial charge in [0.05, 0.1) is 5.69 Å². The van der Waals surface area contributed by atoms with Gasteiger partial charge in [0.2, 0.25) is 11.8 Å². The monoisotopic (exact) mass is 320 g/mol. The van der Waals surface area contributed by atoms with Gasteiger partial charge >= 0.3 is 0 Å². The molecule has 1 N–H and O–H groups in total. The van der Waals surface area contributed by atoms with Crippen LogP contribution in [0.15, 0.2) is 28.9 Å². The Kier molecular flexibility index (Phi) is 3.92.